The van der Waals surface area contributed by atoms with Crippen LogP contribution in [0, 0.1) is 0 Å². The Bertz CT molecular complexity index is 558. The standard InChI is InChI=1S/C13H16N6/c1-2-5-16-13(14)17-10-11-4-7-15-12(9-11)19-8-3-6-18-19/h2-4,6-9H,1,5,10H2,(H3,14,16,17). The molecule has 0 atom stereocenters. The maximum atomic E-state index is 5.70. The summed E-state index contributed by atoms with van der Waals surface area (Å²) in [4.78, 5) is 8.48. The minimum Gasteiger partial charge on any atom is -0.370 e. The minimum atomic E-state index is 0.400. The molecular formula is C13H16N6. The van der Waals surface area contributed by atoms with Gasteiger partial charge in [-0.3, -0.25) is 0 Å². The fourth-order valence-electron chi connectivity index (χ4n) is 1.50. The van der Waals surface area contributed by atoms with Crippen LogP contribution in [-0.2, 0) is 6.54 Å². The van der Waals surface area contributed by atoms with E-state index in [1.807, 2.05) is 24.4 Å². The van der Waals surface area contributed by atoms with Gasteiger partial charge in [0.15, 0.2) is 11.8 Å². The lowest BCUT2D eigenvalue weighted by atomic mass is 10.2. The zero-order chi connectivity index (χ0) is 13.5. The van der Waals surface area contributed by atoms with Gasteiger partial charge in [0.25, 0.3) is 0 Å². The lowest BCUT2D eigenvalue weighted by molar-refractivity contribution is 0.841. The Morgan fingerprint density at radius 1 is 1.53 bits per heavy atom. The molecular weight excluding hydrogens is 240 g/mol. The number of guanidine groups is 1. The topological polar surface area (TPSA) is 81.1 Å². The average molecular weight is 256 g/mol. The van der Waals surface area contributed by atoms with E-state index in [2.05, 4.69) is 27.0 Å². The molecule has 3 N–H and O–H groups in total. The van der Waals surface area contributed by atoms with Crippen LogP contribution >= 0.6 is 0 Å². The van der Waals surface area contributed by atoms with E-state index >= 15 is 0 Å². The summed E-state index contributed by atoms with van der Waals surface area (Å²) in [5, 5.41) is 7.05. The third-order valence-corrected chi connectivity index (χ3v) is 2.41. The van der Waals surface area contributed by atoms with E-state index in [9.17, 15) is 0 Å². The highest BCUT2D eigenvalue weighted by molar-refractivity contribution is 5.77. The van der Waals surface area contributed by atoms with Crippen LogP contribution in [0.15, 0.2) is 54.4 Å². The lowest BCUT2D eigenvalue weighted by Gasteiger charge is -2.04. The molecule has 0 bridgehead atoms. The Morgan fingerprint density at radius 2 is 2.42 bits per heavy atom. The summed E-state index contributed by atoms with van der Waals surface area (Å²) in [6.07, 6.45) is 7.01. The first-order chi connectivity index (χ1) is 9.29. The summed E-state index contributed by atoms with van der Waals surface area (Å²) in [6, 6.07) is 5.68. The number of aliphatic imine (C=N–C) groups is 1. The van der Waals surface area contributed by atoms with Crippen molar-refractivity contribution in [3.05, 3.63) is 55.0 Å². The second-order valence-corrected chi connectivity index (χ2v) is 3.84. The molecule has 6 heteroatoms. The monoisotopic (exact) mass is 256 g/mol. The van der Waals surface area contributed by atoms with Crippen LogP contribution in [0.1, 0.15) is 5.56 Å². The number of hydrogen-bond donors (Lipinski definition) is 2. The van der Waals surface area contributed by atoms with Crippen LogP contribution in [0.5, 0.6) is 0 Å². The Morgan fingerprint density at radius 3 is 3.16 bits per heavy atom. The van der Waals surface area contributed by atoms with Crippen molar-refractivity contribution in [3.8, 4) is 5.82 Å². The summed E-state index contributed by atoms with van der Waals surface area (Å²) in [6.45, 7) is 4.69. The Kier molecular flexibility index (Phi) is 4.28. The van der Waals surface area contributed by atoms with E-state index in [0.29, 0.717) is 19.0 Å². The second kappa shape index (κ2) is 6.34. The van der Waals surface area contributed by atoms with Gasteiger partial charge in [-0.05, 0) is 23.8 Å². The van der Waals surface area contributed by atoms with Crippen LogP contribution in [-0.4, -0.2) is 27.3 Å². The van der Waals surface area contributed by atoms with E-state index in [1.54, 1.807) is 23.2 Å². The van der Waals surface area contributed by atoms with Crippen LogP contribution < -0.4 is 11.1 Å². The number of nitrogens with zero attached hydrogens (tertiary/aromatic N) is 4. The van der Waals surface area contributed by atoms with Crippen molar-refractivity contribution in [2.24, 2.45) is 10.7 Å². The molecule has 0 radical (unpaired) electrons. The third kappa shape index (κ3) is 3.67. The minimum absolute atomic E-state index is 0.400. The van der Waals surface area contributed by atoms with Crippen molar-refractivity contribution in [3.63, 3.8) is 0 Å². The SMILES string of the molecule is C=CCNC(N)=NCc1ccnc(-n2cccn2)c1. The van der Waals surface area contributed by atoms with Gasteiger partial charge in [-0.2, -0.15) is 5.10 Å². The van der Waals surface area contributed by atoms with Crippen molar-refractivity contribution in [2.75, 3.05) is 6.54 Å². The quantitative estimate of drug-likeness (QED) is 0.472. The molecule has 2 aromatic heterocycles. The van der Waals surface area contributed by atoms with Crippen LogP contribution in [0.25, 0.3) is 5.82 Å². The van der Waals surface area contributed by atoms with Gasteiger partial charge in [0.05, 0.1) is 6.54 Å². The van der Waals surface area contributed by atoms with E-state index in [0.717, 1.165) is 11.4 Å². The van der Waals surface area contributed by atoms with Gasteiger partial charge in [-0.1, -0.05) is 6.08 Å². The van der Waals surface area contributed by atoms with Gasteiger partial charge in [0, 0.05) is 25.1 Å². The summed E-state index contributed by atoms with van der Waals surface area (Å²) in [7, 11) is 0. The van der Waals surface area contributed by atoms with Crippen molar-refractivity contribution < 1.29 is 0 Å². The van der Waals surface area contributed by atoms with Gasteiger partial charge in [-0.25, -0.2) is 14.7 Å². The average Bonchev–Trinajstić information content (AvgIpc) is 2.97. The molecule has 0 aliphatic rings. The van der Waals surface area contributed by atoms with E-state index in [-0.39, 0.29) is 0 Å². The van der Waals surface area contributed by atoms with E-state index in [1.165, 1.54) is 0 Å². The fraction of sp³-hybridized carbons (Fsp3) is 0.154. The van der Waals surface area contributed by atoms with Gasteiger partial charge >= 0.3 is 0 Å². The molecule has 6 nitrogen and oxygen atoms in total. The van der Waals surface area contributed by atoms with Gasteiger partial charge in [-0.15, -0.1) is 6.58 Å². The number of pyridine rings is 1. The van der Waals surface area contributed by atoms with Gasteiger partial charge in [0.1, 0.15) is 0 Å². The predicted octanol–water partition coefficient (Wildman–Crippen LogP) is 0.858. The molecule has 0 saturated heterocycles. The Labute approximate surface area is 111 Å². The Hall–Kier alpha value is -2.63. The highest BCUT2D eigenvalue weighted by atomic mass is 15.3. The van der Waals surface area contributed by atoms with Crippen LogP contribution in [0.4, 0.5) is 0 Å². The zero-order valence-electron chi connectivity index (χ0n) is 10.5. The molecule has 0 unspecified atom stereocenters. The van der Waals surface area contributed by atoms with Crippen LogP contribution in [0.2, 0.25) is 0 Å². The smallest absolute Gasteiger partial charge is 0.189 e. The van der Waals surface area contributed by atoms with Crippen molar-refractivity contribution in [1.82, 2.24) is 20.1 Å². The largest absolute Gasteiger partial charge is 0.370 e. The molecule has 19 heavy (non-hydrogen) atoms. The fourth-order valence-corrected chi connectivity index (χ4v) is 1.50. The molecule has 0 aliphatic carbocycles. The summed E-state index contributed by atoms with van der Waals surface area (Å²) < 4.78 is 1.70. The number of hydrogen-bond acceptors (Lipinski definition) is 3. The number of nitrogens with two attached hydrogens (primary N) is 1. The molecule has 0 aromatic carbocycles. The number of nitrogens with one attached hydrogen (secondary N) is 1. The number of aromatic nitrogens is 3. The van der Waals surface area contributed by atoms with Crippen molar-refractivity contribution in [1.29, 1.82) is 0 Å². The predicted molar refractivity (Wildman–Crippen MR) is 74.9 cm³/mol. The van der Waals surface area contributed by atoms with E-state index in [4.69, 9.17) is 5.73 Å². The molecule has 0 saturated carbocycles. The molecule has 2 heterocycles. The zero-order valence-corrected chi connectivity index (χ0v) is 10.5. The van der Waals surface area contributed by atoms with Crippen molar-refractivity contribution in [2.45, 2.75) is 6.54 Å². The lowest BCUT2D eigenvalue weighted by Crippen LogP contribution is -2.31. The Balaban J connectivity index is 2.05. The molecule has 2 aromatic rings. The highest BCUT2D eigenvalue weighted by Crippen LogP contribution is 2.07. The first-order valence-corrected chi connectivity index (χ1v) is 5.89. The summed E-state index contributed by atoms with van der Waals surface area (Å²) in [5.74, 6) is 1.16. The van der Waals surface area contributed by atoms with Crippen molar-refractivity contribution >= 4 is 5.96 Å². The van der Waals surface area contributed by atoms with E-state index < -0.39 is 0 Å². The molecule has 0 amide bonds. The normalized spacial score (nSPS) is 11.3. The molecule has 0 spiro atoms. The maximum absolute atomic E-state index is 5.70. The first kappa shape index (κ1) is 12.8. The molecule has 0 fully saturated rings. The third-order valence-electron chi connectivity index (χ3n) is 2.41. The summed E-state index contributed by atoms with van der Waals surface area (Å²) in [5.41, 5.74) is 6.72. The van der Waals surface area contributed by atoms with Gasteiger partial charge < -0.3 is 11.1 Å². The van der Waals surface area contributed by atoms with Crippen LogP contribution in [0.3, 0.4) is 0 Å². The highest BCUT2D eigenvalue weighted by Gasteiger charge is 1.99. The second-order valence-electron chi connectivity index (χ2n) is 3.84. The maximum Gasteiger partial charge on any atom is 0.189 e. The summed E-state index contributed by atoms with van der Waals surface area (Å²) >= 11 is 0. The number of rotatable bonds is 5. The first-order valence-electron chi connectivity index (χ1n) is 5.89. The molecule has 98 valence electrons. The molecule has 2 rings (SSSR count). The van der Waals surface area contributed by atoms with Gasteiger partial charge in [0.2, 0.25) is 0 Å². The molecule has 0 aliphatic heterocycles.